The molecule has 76 valence electrons. The van der Waals surface area contributed by atoms with Gasteiger partial charge in [0.15, 0.2) is 5.78 Å². The zero-order chi connectivity index (χ0) is 10.7. The highest BCUT2D eigenvalue weighted by Crippen LogP contribution is 2.31. The van der Waals surface area contributed by atoms with E-state index in [4.69, 9.17) is 0 Å². The minimum atomic E-state index is 0.157. The van der Waals surface area contributed by atoms with E-state index in [1.54, 1.807) is 0 Å². The fourth-order valence-corrected chi connectivity index (χ4v) is 2.24. The van der Waals surface area contributed by atoms with Crippen molar-refractivity contribution < 1.29 is 4.79 Å². The number of carbonyl (C=O) groups excluding carboxylic acids is 1. The molecule has 0 atom stereocenters. The maximum Gasteiger partial charge on any atom is 0.193 e. The van der Waals surface area contributed by atoms with Crippen molar-refractivity contribution in [3.05, 3.63) is 69.8 Å². The third-order valence-corrected chi connectivity index (χ3v) is 3.45. The van der Waals surface area contributed by atoms with Crippen molar-refractivity contribution in [1.82, 2.24) is 0 Å². The minimum absolute atomic E-state index is 0.157. The summed E-state index contributed by atoms with van der Waals surface area (Å²) >= 11 is 0. The molecule has 0 aromatic heterocycles. The summed E-state index contributed by atoms with van der Waals surface area (Å²) in [5, 5.41) is 0. The van der Waals surface area contributed by atoms with Gasteiger partial charge >= 0.3 is 0 Å². The number of ketones is 1. The van der Waals surface area contributed by atoms with Gasteiger partial charge in [-0.2, -0.15) is 0 Å². The van der Waals surface area contributed by atoms with E-state index in [1.807, 2.05) is 24.3 Å². The largest absolute Gasteiger partial charge is 0.289 e. The van der Waals surface area contributed by atoms with E-state index in [1.165, 1.54) is 22.3 Å². The second-order valence-corrected chi connectivity index (χ2v) is 4.65. The van der Waals surface area contributed by atoms with Gasteiger partial charge in [-0.1, -0.05) is 24.3 Å². The summed E-state index contributed by atoms with van der Waals surface area (Å²) in [5.74, 6) is 0.157. The summed E-state index contributed by atoms with van der Waals surface area (Å²) in [4.78, 5) is 12.2. The minimum Gasteiger partial charge on any atom is -0.289 e. The van der Waals surface area contributed by atoms with Crippen molar-refractivity contribution >= 4 is 5.78 Å². The summed E-state index contributed by atoms with van der Waals surface area (Å²) in [7, 11) is 0. The van der Waals surface area contributed by atoms with Crippen LogP contribution < -0.4 is 0 Å². The van der Waals surface area contributed by atoms with Crippen LogP contribution in [-0.4, -0.2) is 5.78 Å². The van der Waals surface area contributed by atoms with Crippen molar-refractivity contribution in [3.8, 4) is 0 Å². The molecule has 0 amide bonds. The fraction of sp³-hybridized carbons (Fsp3) is 0.133. The van der Waals surface area contributed by atoms with Crippen molar-refractivity contribution in [2.75, 3.05) is 0 Å². The maximum absolute atomic E-state index is 12.2. The Labute approximate surface area is 93.7 Å². The first-order valence-corrected chi connectivity index (χ1v) is 5.59. The lowest BCUT2D eigenvalue weighted by atomic mass is 10.0. The topological polar surface area (TPSA) is 17.1 Å². The van der Waals surface area contributed by atoms with E-state index in [0.29, 0.717) is 0 Å². The summed E-state index contributed by atoms with van der Waals surface area (Å²) in [5.41, 5.74) is 7.10. The Morgan fingerprint density at radius 2 is 1.25 bits per heavy atom. The second-order valence-electron chi connectivity index (χ2n) is 4.65. The predicted octanol–water partition coefficient (Wildman–Crippen LogP) is 2.73. The van der Waals surface area contributed by atoms with Gasteiger partial charge in [0.2, 0.25) is 0 Å². The third kappa shape index (κ3) is 1.15. The monoisotopic (exact) mass is 206 g/mol. The van der Waals surface area contributed by atoms with Gasteiger partial charge in [-0.15, -0.1) is 0 Å². The zero-order valence-corrected chi connectivity index (χ0v) is 8.79. The smallest absolute Gasteiger partial charge is 0.193 e. The lowest BCUT2D eigenvalue weighted by Crippen LogP contribution is -1.99. The van der Waals surface area contributed by atoms with Crippen molar-refractivity contribution in [1.29, 1.82) is 0 Å². The Hall–Kier alpha value is -1.89. The standard InChI is InChI=1S/C15H10O/c16-15(11-3-1-9-5-13(9)7-11)12-4-2-10-6-14(10)8-12/h1-4,7-8H,5-6H2. The molecule has 0 heterocycles. The number of carbonyl (C=O) groups is 1. The zero-order valence-electron chi connectivity index (χ0n) is 8.79. The molecule has 0 bridgehead atoms. The molecule has 0 saturated heterocycles. The van der Waals surface area contributed by atoms with Crippen molar-refractivity contribution in [2.24, 2.45) is 0 Å². The molecule has 0 spiro atoms. The normalized spacial score (nSPS) is 14.0. The first kappa shape index (κ1) is 8.28. The molecule has 0 N–H and O–H groups in total. The molecule has 16 heavy (non-hydrogen) atoms. The van der Waals surface area contributed by atoms with Crippen LogP contribution in [-0.2, 0) is 12.8 Å². The van der Waals surface area contributed by atoms with Crippen LogP contribution in [0.3, 0.4) is 0 Å². The van der Waals surface area contributed by atoms with Crippen LogP contribution in [0.15, 0.2) is 36.4 Å². The molecule has 0 saturated carbocycles. The molecule has 2 aliphatic rings. The van der Waals surface area contributed by atoms with E-state index in [9.17, 15) is 4.79 Å². The Kier molecular flexibility index (Phi) is 1.35. The molecule has 0 unspecified atom stereocenters. The van der Waals surface area contributed by atoms with Crippen molar-refractivity contribution in [3.63, 3.8) is 0 Å². The number of benzene rings is 2. The van der Waals surface area contributed by atoms with Crippen LogP contribution >= 0.6 is 0 Å². The molecular formula is C15H10O. The first-order valence-electron chi connectivity index (χ1n) is 5.59. The van der Waals surface area contributed by atoms with E-state index < -0.39 is 0 Å². The summed E-state index contributed by atoms with van der Waals surface area (Å²) < 4.78 is 0. The molecular weight excluding hydrogens is 196 g/mol. The molecule has 4 rings (SSSR count). The molecule has 1 nitrogen and oxygen atoms in total. The van der Waals surface area contributed by atoms with E-state index in [-0.39, 0.29) is 5.78 Å². The second kappa shape index (κ2) is 2.62. The van der Waals surface area contributed by atoms with Crippen LogP contribution in [0.5, 0.6) is 0 Å². The molecule has 1 heteroatoms. The summed E-state index contributed by atoms with van der Waals surface area (Å²) in [6.45, 7) is 0. The van der Waals surface area contributed by atoms with Crippen LogP contribution in [0.25, 0.3) is 0 Å². The van der Waals surface area contributed by atoms with Crippen LogP contribution in [0.4, 0.5) is 0 Å². The first-order chi connectivity index (χ1) is 7.81. The molecule has 2 aromatic rings. The number of rotatable bonds is 2. The lowest BCUT2D eigenvalue weighted by Gasteiger charge is -1.99. The molecule has 0 radical (unpaired) electrons. The van der Waals surface area contributed by atoms with Crippen LogP contribution in [0.2, 0.25) is 0 Å². The predicted molar refractivity (Wildman–Crippen MR) is 61.9 cm³/mol. The van der Waals surface area contributed by atoms with Gasteiger partial charge in [0, 0.05) is 11.1 Å². The third-order valence-electron chi connectivity index (χ3n) is 3.45. The average Bonchev–Trinajstić information content (AvgIpc) is 3.19. The van der Waals surface area contributed by atoms with Crippen LogP contribution in [0.1, 0.15) is 38.2 Å². The number of hydrogen-bond acceptors (Lipinski definition) is 1. The van der Waals surface area contributed by atoms with Gasteiger partial charge in [-0.3, -0.25) is 4.79 Å². The average molecular weight is 206 g/mol. The van der Waals surface area contributed by atoms with Crippen LogP contribution in [0, 0.1) is 0 Å². The van der Waals surface area contributed by atoms with E-state index in [0.717, 1.165) is 24.0 Å². The van der Waals surface area contributed by atoms with Gasteiger partial charge in [-0.05, 0) is 47.2 Å². The van der Waals surface area contributed by atoms with Gasteiger partial charge in [0.25, 0.3) is 0 Å². The van der Waals surface area contributed by atoms with Gasteiger partial charge in [0.05, 0.1) is 0 Å². The molecule has 2 aromatic carbocycles. The number of fused-ring (bicyclic) bond motifs is 2. The Bertz CT molecular complexity index is 582. The van der Waals surface area contributed by atoms with Crippen molar-refractivity contribution in [2.45, 2.75) is 12.8 Å². The van der Waals surface area contributed by atoms with E-state index >= 15 is 0 Å². The summed E-state index contributed by atoms with van der Waals surface area (Å²) in [6.07, 6.45) is 2.13. The highest BCUT2D eigenvalue weighted by Gasteiger charge is 2.21. The quantitative estimate of drug-likeness (QED) is 0.461. The highest BCUT2D eigenvalue weighted by molar-refractivity contribution is 6.09. The van der Waals surface area contributed by atoms with Gasteiger partial charge < -0.3 is 0 Å². The van der Waals surface area contributed by atoms with E-state index in [2.05, 4.69) is 12.1 Å². The Morgan fingerprint density at radius 3 is 1.69 bits per heavy atom. The Morgan fingerprint density at radius 1 is 0.750 bits per heavy atom. The summed E-state index contributed by atoms with van der Waals surface area (Å²) in [6, 6.07) is 12.1. The van der Waals surface area contributed by atoms with Gasteiger partial charge in [0.1, 0.15) is 0 Å². The maximum atomic E-state index is 12.2. The molecule has 2 aliphatic carbocycles. The molecule has 0 aliphatic heterocycles. The Balaban J connectivity index is 1.76. The lowest BCUT2D eigenvalue weighted by molar-refractivity contribution is 0.103. The SMILES string of the molecule is O=C(c1ccc2c(c1)C2)c1ccc2c(c1)C2. The fourth-order valence-electron chi connectivity index (χ4n) is 2.24. The highest BCUT2D eigenvalue weighted by atomic mass is 16.1. The molecule has 0 fully saturated rings. The number of hydrogen-bond donors (Lipinski definition) is 0. The van der Waals surface area contributed by atoms with Gasteiger partial charge in [-0.25, -0.2) is 0 Å².